The third kappa shape index (κ3) is 1.47. The van der Waals surface area contributed by atoms with E-state index in [-0.39, 0.29) is 11.3 Å². The number of aromatic amines is 1. The van der Waals surface area contributed by atoms with E-state index in [1.54, 1.807) is 0 Å². The molecule has 110 valence electrons. The summed E-state index contributed by atoms with van der Waals surface area (Å²) in [6.07, 6.45) is 3.05. The van der Waals surface area contributed by atoms with Crippen molar-refractivity contribution < 1.29 is 4.74 Å². The molecular weight excluding hydrogens is 266 g/mol. The molecule has 3 fully saturated rings. The van der Waals surface area contributed by atoms with Gasteiger partial charge in [-0.15, -0.1) is 5.10 Å². The van der Waals surface area contributed by atoms with Crippen LogP contribution in [0.3, 0.4) is 0 Å². The van der Waals surface area contributed by atoms with Gasteiger partial charge in [0.15, 0.2) is 0 Å². The van der Waals surface area contributed by atoms with E-state index in [1.807, 2.05) is 0 Å². The van der Waals surface area contributed by atoms with E-state index in [0.29, 0.717) is 17.4 Å². The standard InChI is InChI=1S/C15H19N5O/c1-2-11-12-14(19-18-11)21-13(17)10(7-16)15(12)8-20-5-3-9(15)4-6-20/h9H,2-6,8,17H2,1H3,(H,18,19)/t15-/m1/s1. The molecule has 5 rings (SSSR count). The van der Waals surface area contributed by atoms with E-state index in [0.717, 1.165) is 50.2 Å². The Balaban J connectivity index is 1.99. The highest BCUT2D eigenvalue weighted by atomic mass is 16.5. The largest absolute Gasteiger partial charge is 0.420 e. The van der Waals surface area contributed by atoms with E-state index in [2.05, 4.69) is 28.1 Å². The number of hydrogen-bond donors (Lipinski definition) is 2. The first-order chi connectivity index (χ1) is 10.2. The highest BCUT2D eigenvalue weighted by molar-refractivity contribution is 5.56. The number of nitrogens with zero attached hydrogens (tertiary/aromatic N) is 3. The van der Waals surface area contributed by atoms with Crippen molar-refractivity contribution in [3.05, 3.63) is 22.7 Å². The normalized spacial score (nSPS) is 33.7. The molecule has 0 aliphatic carbocycles. The zero-order valence-corrected chi connectivity index (χ0v) is 12.1. The Morgan fingerprint density at radius 1 is 1.52 bits per heavy atom. The lowest BCUT2D eigenvalue weighted by atomic mass is 9.58. The number of rotatable bonds is 1. The van der Waals surface area contributed by atoms with Gasteiger partial charge in [-0.1, -0.05) is 6.92 Å². The molecule has 0 radical (unpaired) electrons. The van der Waals surface area contributed by atoms with Crippen LogP contribution < -0.4 is 10.5 Å². The summed E-state index contributed by atoms with van der Waals surface area (Å²) in [5.41, 5.74) is 8.46. The molecule has 5 heterocycles. The summed E-state index contributed by atoms with van der Waals surface area (Å²) in [7, 11) is 0. The fourth-order valence-corrected chi connectivity index (χ4v) is 4.44. The van der Waals surface area contributed by atoms with Crippen molar-refractivity contribution >= 4 is 0 Å². The number of fused-ring (bicyclic) bond motifs is 3. The van der Waals surface area contributed by atoms with Crippen LogP contribution >= 0.6 is 0 Å². The van der Waals surface area contributed by atoms with E-state index in [4.69, 9.17) is 10.5 Å². The second kappa shape index (κ2) is 4.25. The Morgan fingerprint density at radius 2 is 2.29 bits per heavy atom. The van der Waals surface area contributed by atoms with E-state index in [1.165, 1.54) is 0 Å². The zero-order valence-electron chi connectivity index (χ0n) is 12.1. The number of nitriles is 1. The van der Waals surface area contributed by atoms with Crippen molar-refractivity contribution in [1.29, 1.82) is 5.26 Å². The quantitative estimate of drug-likeness (QED) is 0.804. The minimum Gasteiger partial charge on any atom is -0.420 e. The average molecular weight is 285 g/mol. The van der Waals surface area contributed by atoms with Crippen molar-refractivity contribution in [3.8, 4) is 11.9 Å². The van der Waals surface area contributed by atoms with Crippen molar-refractivity contribution in [2.75, 3.05) is 19.6 Å². The summed E-state index contributed by atoms with van der Waals surface area (Å²) in [5.74, 6) is 1.24. The molecule has 3 saturated heterocycles. The lowest BCUT2D eigenvalue weighted by Crippen LogP contribution is -2.59. The molecule has 1 spiro atoms. The minimum atomic E-state index is -0.332. The van der Waals surface area contributed by atoms with Gasteiger partial charge in [0.25, 0.3) is 0 Å². The number of ether oxygens (including phenoxy) is 1. The van der Waals surface area contributed by atoms with Gasteiger partial charge in [0.05, 0.1) is 11.0 Å². The second-order valence-corrected chi connectivity index (χ2v) is 6.21. The first kappa shape index (κ1) is 12.7. The van der Waals surface area contributed by atoms with E-state index in [9.17, 15) is 5.26 Å². The van der Waals surface area contributed by atoms with Gasteiger partial charge in [0, 0.05) is 12.2 Å². The van der Waals surface area contributed by atoms with E-state index >= 15 is 0 Å². The summed E-state index contributed by atoms with van der Waals surface area (Å²) >= 11 is 0. The van der Waals surface area contributed by atoms with Gasteiger partial charge < -0.3 is 15.4 Å². The average Bonchev–Trinajstić information content (AvgIpc) is 2.92. The fraction of sp³-hybridized carbons (Fsp3) is 0.600. The van der Waals surface area contributed by atoms with Crippen molar-refractivity contribution in [2.45, 2.75) is 31.6 Å². The molecule has 2 bridgehead atoms. The number of aromatic nitrogens is 2. The van der Waals surface area contributed by atoms with Crippen LogP contribution in [0.1, 0.15) is 31.0 Å². The summed E-state index contributed by atoms with van der Waals surface area (Å²) in [6.45, 7) is 5.17. The van der Waals surface area contributed by atoms with Gasteiger partial charge in [-0.25, -0.2) is 0 Å². The fourth-order valence-electron chi connectivity index (χ4n) is 4.44. The Labute approximate surface area is 123 Å². The molecule has 0 saturated carbocycles. The maximum absolute atomic E-state index is 9.72. The molecule has 1 atom stereocenters. The number of H-pyrrole nitrogens is 1. The Kier molecular flexibility index (Phi) is 2.57. The predicted octanol–water partition coefficient (Wildman–Crippen LogP) is 1.02. The van der Waals surface area contributed by atoms with Crippen molar-refractivity contribution in [1.82, 2.24) is 15.1 Å². The number of hydrogen-bond acceptors (Lipinski definition) is 5. The zero-order chi connectivity index (χ0) is 14.6. The van der Waals surface area contributed by atoms with Crippen LogP contribution in [0.15, 0.2) is 11.5 Å². The Hall–Kier alpha value is -2.00. The molecule has 0 unspecified atom stereocenters. The topological polar surface area (TPSA) is 91.0 Å². The molecule has 0 amide bonds. The SMILES string of the molecule is CCc1[nH]nc2c1[C@@]1(CN3CCC1CC3)C(C#N)=C(N)O2. The number of nitrogens with one attached hydrogen (secondary N) is 1. The molecule has 4 aliphatic heterocycles. The van der Waals surface area contributed by atoms with Gasteiger partial charge in [-0.2, -0.15) is 5.26 Å². The van der Waals surface area contributed by atoms with Gasteiger partial charge >= 0.3 is 0 Å². The van der Waals surface area contributed by atoms with Crippen molar-refractivity contribution in [3.63, 3.8) is 0 Å². The van der Waals surface area contributed by atoms with Crippen LogP contribution in [-0.2, 0) is 11.8 Å². The molecular formula is C15H19N5O. The predicted molar refractivity (Wildman–Crippen MR) is 76.3 cm³/mol. The van der Waals surface area contributed by atoms with Crippen LogP contribution in [0.5, 0.6) is 5.88 Å². The highest BCUT2D eigenvalue weighted by Gasteiger charge is 2.56. The first-order valence-corrected chi connectivity index (χ1v) is 7.59. The third-order valence-corrected chi connectivity index (χ3v) is 5.38. The maximum Gasteiger partial charge on any atom is 0.244 e. The Morgan fingerprint density at radius 3 is 2.86 bits per heavy atom. The summed E-state index contributed by atoms with van der Waals surface area (Å²) in [5, 5.41) is 17.1. The smallest absolute Gasteiger partial charge is 0.244 e. The van der Waals surface area contributed by atoms with Crippen LogP contribution in [0, 0.1) is 17.2 Å². The van der Waals surface area contributed by atoms with E-state index < -0.39 is 0 Å². The van der Waals surface area contributed by atoms with Crippen LogP contribution in [0.25, 0.3) is 0 Å². The molecule has 1 aromatic heterocycles. The first-order valence-electron chi connectivity index (χ1n) is 7.59. The molecule has 6 heteroatoms. The maximum atomic E-state index is 9.72. The number of piperidine rings is 3. The van der Waals surface area contributed by atoms with Crippen LogP contribution in [-0.4, -0.2) is 34.7 Å². The van der Waals surface area contributed by atoms with Gasteiger partial charge in [0.1, 0.15) is 11.6 Å². The highest BCUT2D eigenvalue weighted by Crippen LogP contribution is 2.54. The van der Waals surface area contributed by atoms with Gasteiger partial charge in [-0.05, 0) is 38.3 Å². The van der Waals surface area contributed by atoms with Crippen molar-refractivity contribution in [2.24, 2.45) is 11.7 Å². The lowest BCUT2D eigenvalue weighted by Gasteiger charge is -2.54. The molecule has 4 aliphatic rings. The number of aryl methyl sites for hydroxylation is 1. The summed E-state index contributed by atoms with van der Waals surface area (Å²) < 4.78 is 5.63. The molecule has 21 heavy (non-hydrogen) atoms. The van der Waals surface area contributed by atoms with Gasteiger partial charge in [0.2, 0.25) is 11.8 Å². The third-order valence-electron chi connectivity index (χ3n) is 5.38. The minimum absolute atomic E-state index is 0.230. The molecule has 0 aromatic carbocycles. The summed E-state index contributed by atoms with van der Waals surface area (Å²) in [6, 6.07) is 2.34. The monoisotopic (exact) mass is 285 g/mol. The molecule has 3 N–H and O–H groups in total. The number of nitrogens with two attached hydrogens (primary N) is 1. The second-order valence-electron chi connectivity index (χ2n) is 6.21. The molecule has 1 aromatic rings. The van der Waals surface area contributed by atoms with Gasteiger partial charge in [-0.3, -0.25) is 5.10 Å². The Bertz CT molecular complexity index is 662. The van der Waals surface area contributed by atoms with Crippen LogP contribution in [0.4, 0.5) is 0 Å². The molecule has 6 nitrogen and oxygen atoms in total. The lowest BCUT2D eigenvalue weighted by molar-refractivity contribution is 0.0383. The van der Waals surface area contributed by atoms with Crippen LogP contribution in [0.2, 0.25) is 0 Å². The summed E-state index contributed by atoms with van der Waals surface area (Å²) in [4.78, 5) is 2.44.